The van der Waals surface area contributed by atoms with Crippen molar-refractivity contribution in [2.24, 2.45) is 0 Å². The zero-order chi connectivity index (χ0) is 21.8. The molecule has 30 heavy (non-hydrogen) atoms. The number of anilines is 1. The van der Waals surface area contributed by atoms with E-state index in [1.807, 2.05) is 24.1 Å². The summed E-state index contributed by atoms with van der Waals surface area (Å²) in [6.07, 6.45) is 1.50. The fourth-order valence-electron chi connectivity index (χ4n) is 3.24. The Hall–Kier alpha value is -2.82. The molecule has 0 saturated carbocycles. The van der Waals surface area contributed by atoms with Gasteiger partial charge in [0, 0.05) is 29.6 Å². The van der Waals surface area contributed by atoms with Crippen LogP contribution < -0.4 is 9.64 Å². The molecule has 1 heterocycles. The topological polar surface area (TPSA) is 75.5 Å². The smallest absolute Gasteiger partial charge is 0.341 e. The second-order valence-corrected chi connectivity index (χ2v) is 7.79. The number of esters is 1. The number of halogens is 2. The van der Waals surface area contributed by atoms with Crippen LogP contribution in [0.2, 0.25) is 5.02 Å². The minimum Gasteiger partial charge on any atom is -0.495 e. The number of rotatable bonds is 6. The highest BCUT2D eigenvalue weighted by Crippen LogP contribution is 2.35. The molecule has 0 N–H and O–H groups in total. The maximum Gasteiger partial charge on any atom is 0.341 e. The number of pyridine rings is 1. The van der Waals surface area contributed by atoms with Gasteiger partial charge in [-0.25, -0.2) is 4.79 Å². The Kier molecular flexibility index (Phi) is 6.80. The maximum atomic E-state index is 12.6. The van der Waals surface area contributed by atoms with Crippen molar-refractivity contribution in [3.05, 3.63) is 62.7 Å². The van der Waals surface area contributed by atoms with E-state index in [1.54, 1.807) is 32.2 Å². The quantitative estimate of drug-likeness (QED) is 0.436. The van der Waals surface area contributed by atoms with Crippen molar-refractivity contribution >= 4 is 50.1 Å². The molecule has 6 nitrogen and oxygen atoms in total. The molecule has 0 aliphatic heterocycles. The molecule has 0 unspecified atom stereocenters. The lowest BCUT2D eigenvalue weighted by Gasteiger charge is -2.24. The summed E-state index contributed by atoms with van der Waals surface area (Å²) in [5.74, 6) is 0.118. The molecule has 2 aromatic carbocycles. The SMILES string of the molecule is CCOC(=O)c1cnc2c(Br)cc(C#N)cc2c1N(C)Cc1ccc(OC)c(Cl)c1. The molecule has 0 aliphatic carbocycles. The third-order valence-electron chi connectivity index (χ3n) is 4.54. The number of benzene rings is 2. The Labute approximate surface area is 188 Å². The van der Waals surface area contributed by atoms with Gasteiger partial charge in [0.25, 0.3) is 0 Å². The molecule has 154 valence electrons. The molecule has 8 heteroatoms. The van der Waals surface area contributed by atoms with Gasteiger partial charge in [-0.2, -0.15) is 5.26 Å². The van der Waals surface area contributed by atoms with Gasteiger partial charge in [0.15, 0.2) is 0 Å². The summed E-state index contributed by atoms with van der Waals surface area (Å²) in [6.45, 7) is 2.46. The van der Waals surface area contributed by atoms with Crippen LogP contribution in [0.25, 0.3) is 10.9 Å². The normalized spacial score (nSPS) is 10.5. The summed E-state index contributed by atoms with van der Waals surface area (Å²) in [5, 5.41) is 10.6. The van der Waals surface area contributed by atoms with Crippen LogP contribution in [0.3, 0.4) is 0 Å². The van der Waals surface area contributed by atoms with Gasteiger partial charge >= 0.3 is 5.97 Å². The van der Waals surface area contributed by atoms with Gasteiger partial charge in [-0.3, -0.25) is 4.98 Å². The zero-order valence-electron chi connectivity index (χ0n) is 16.7. The van der Waals surface area contributed by atoms with Gasteiger partial charge in [-0.1, -0.05) is 17.7 Å². The first-order chi connectivity index (χ1) is 14.4. The van der Waals surface area contributed by atoms with Crippen molar-refractivity contribution in [3.63, 3.8) is 0 Å². The summed E-state index contributed by atoms with van der Waals surface area (Å²) >= 11 is 9.74. The van der Waals surface area contributed by atoms with Crippen molar-refractivity contribution in [2.75, 3.05) is 25.7 Å². The average molecular weight is 489 g/mol. The number of methoxy groups -OCH3 is 1. The van der Waals surface area contributed by atoms with Gasteiger partial charge in [0.1, 0.15) is 11.3 Å². The second-order valence-electron chi connectivity index (χ2n) is 6.53. The highest BCUT2D eigenvalue weighted by Gasteiger charge is 2.21. The van der Waals surface area contributed by atoms with Crippen molar-refractivity contribution in [3.8, 4) is 11.8 Å². The Morgan fingerprint density at radius 3 is 2.73 bits per heavy atom. The maximum absolute atomic E-state index is 12.6. The van der Waals surface area contributed by atoms with Crippen LogP contribution >= 0.6 is 27.5 Å². The molecule has 1 aromatic heterocycles. The first-order valence-electron chi connectivity index (χ1n) is 9.12. The molecule has 0 spiro atoms. The van der Waals surface area contributed by atoms with E-state index in [9.17, 15) is 10.1 Å². The van der Waals surface area contributed by atoms with Gasteiger partial charge in [-0.05, 0) is 52.7 Å². The molecule has 0 atom stereocenters. The summed E-state index contributed by atoms with van der Waals surface area (Å²) in [4.78, 5) is 19.0. The highest BCUT2D eigenvalue weighted by atomic mass is 79.9. The number of carbonyl (C=O) groups excluding carboxylic acids is 1. The summed E-state index contributed by atoms with van der Waals surface area (Å²) in [5.41, 5.74) is 2.99. The summed E-state index contributed by atoms with van der Waals surface area (Å²) < 4.78 is 11.1. The van der Waals surface area contributed by atoms with Crippen molar-refractivity contribution in [2.45, 2.75) is 13.5 Å². The van der Waals surface area contributed by atoms with Crippen LogP contribution in [0.1, 0.15) is 28.4 Å². The largest absolute Gasteiger partial charge is 0.495 e. The summed E-state index contributed by atoms with van der Waals surface area (Å²) in [6, 6.07) is 11.1. The minimum atomic E-state index is -0.472. The monoisotopic (exact) mass is 487 g/mol. The molecular weight excluding hydrogens is 470 g/mol. The van der Waals surface area contributed by atoms with E-state index in [0.717, 1.165) is 5.56 Å². The zero-order valence-corrected chi connectivity index (χ0v) is 19.0. The average Bonchev–Trinajstić information content (AvgIpc) is 2.73. The Morgan fingerprint density at radius 1 is 1.33 bits per heavy atom. The molecule has 0 bridgehead atoms. The molecule has 0 radical (unpaired) electrons. The van der Waals surface area contributed by atoms with Gasteiger partial charge in [0.05, 0.1) is 41.6 Å². The van der Waals surface area contributed by atoms with Crippen LogP contribution in [0.5, 0.6) is 5.75 Å². The molecule has 3 aromatic rings. The molecule has 0 aliphatic rings. The minimum absolute atomic E-state index is 0.246. The molecule has 0 saturated heterocycles. The standard InChI is InChI=1S/C22H19BrClN3O3/c1-4-30-22(28)16-11-26-20-15(7-14(10-25)8-17(20)23)21(16)27(2)12-13-5-6-19(29-3)18(24)9-13/h5-9,11H,4,12H2,1-3H3. The molecule has 0 fully saturated rings. The highest BCUT2D eigenvalue weighted by molar-refractivity contribution is 9.10. The second kappa shape index (κ2) is 9.33. The first-order valence-corrected chi connectivity index (χ1v) is 10.3. The number of hydrogen-bond acceptors (Lipinski definition) is 6. The van der Waals surface area contributed by atoms with E-state index >= 15 is 0 Å². The lowest BCUT2D eigenvalue weighted by Crippen LogP contribution is -2.21. The fourth-order valence-corrected chi connectivity index (χ4v) is 4.08. The van der Waals surface area contributed by atoms with E-state index in [2.05, 4.69) is 27.0 Å². The number of fused-ring (bicyclic) bond motifs is 1. The van der Waals surface area contributed by atoms with Gasteiger partial charge in [0.2, 0.25) is 0 Å². The Bertz CT molecular complexity index is 1160. The lowest BCUT2D eigenvalue weighted by molar-refractivity contribution is 0.0527. The van der Waals surface area contributed by atoms with Crippen molar-refractivity contribution < 1.29 is 14.3 Å². The predicted octanol–water partition coefficient (Wildman–Crippen LogP) is 5.34. The summed E-state index contributed by atoms with van der Waals surface area (Å²) in [7, 11) is 3.43. The molecular formula is C22H19BrClN3O3. The van der Waals surface area contributed by atoms with Crippen LogP contribution in [0, 0.1) is 11.3 Å². The third kappa shape index (κ3) is 4.35. The number of carbonyl (C=O) groups is 1. The number of hydrogen-bond donors (Lipinski definition) is 0. The van der Waals surface area contributed by atoms with E-state index in [1.165, 1.54) is 6.20 Å². The number of nitriles is 1. The fraction of sp³-hybridized carbons (Fsp3) is 0.227. The van der Waals surface area contributed by atoms with E-state index in [-0.39, 0.29) is 6.61 Å². The first kappa shape index (κ1) is 21.9. The third-order valence-corrected chi connectivity index (χ3v) is 5.44. The molecule has 3 rings (SSSR count). The van der Waals surface area contributed by atoms with E-state index in [4.69, 9.17) is 21.1 Å². The predicted molar refractivity (Wildman–Crippen MR) is 120 cm³/mol. The van der Waals surface area contributed by atoms with Crippen LogP contribution in [0.4, 0.5) is 5.69 Å². The lowest BCUT2D eigenvalue weighted by atomic mass is 10.0. The van der Waals surface area contributed by atoms with Crippen molar-refractivity contribution in [1.29, 1.82) is 5.26 Å². The number of nitrogens with zero attached hydrogens (tertiary/aromatic N) is 3. The van der Waals surface area contributed by atoms with Crippen molar-refractivity contribution in [1.82, 2.24) is 4.98 Å². The van der Waals surface area contributed by atoms with Gasteiger partial charge in [-0.15, -0.1) is 0 Å². The number of aromatic nitrogens is 1. The number of ether oxygens (including phenoxy) is 2. The van der Waals surface area contributed by atoms with Gasteiger partial charge < -0.3 is 14.4 Å². The van der Waals surface area contributed by atoms with E-state index in [0.29, 0.717) is 49.5 Å². The van der Waals surface area contributed by atoms with Crippen LogP contribution in [-0.4, -0.2) is 31.7 Å². The Morgan fingerprint density at radius 2 is 2.10 bits per heavy atom. The van der Waals surface area contributed by atoms with Crippen LogP contribution in [0.15, 0.2) is 41.0 Å². The molecule has 0 amide bonds. The Balaban J connectivity index is 2.16. The van der Waals surface area contributed by atoms with E-state index < -0.39 is 5.97 Å². The van der Waals surface area contributed by atoms with Crippen LogP contribution in [-0.2, 0) is 11.3 Å².